The predicted molar refractivity (Wildman–Crippen MR) is 105 cm³/mol. The number of morpholine rings is 1. The monoisotopic (exact) mass is 462 g/mol. The van der Waals surface area contributed by atoms with E-state index in [-0.39, 0.29) is 11.4 Å². The Morgan fingerprint density at radius 1 is 1.00 bits per heavy atom. The summed E-state index contributed by atoms with van der Waals surface area (Å²) in [5.74, 6) is -1.00. The highest BCUT2D eigenvalue weighted by Gasteiger charge is 2.33. The largest absolute Gasteiger partial charge is 0.481 e. The van der Waals surface area contributed by atoms with Gasteiger partial charge in [0.1, 0.15) is 5.75 Å². The SMILES string of the molecule is CC(Oc1cccc(C(F)(F)F)c1)C(=O)Nc1cc(C(F)(F)F)ccc1N1CCOCC1. The molecule has 3 rings (SSSR count). The zero-order chi connectivity index (χ0) is 23.5. The maximum Gasteiger partial charge on any atom is 0.416 e. The zero-order valence-corrected chi connectivity index (χ0v) is 16.9. The van der Waals surface area contributed by atoms with Crippen LogP contribution in [0.5, 0.6) is 5.75 Å². The number of amides is 1. The van der Waals surface area contributed by atoms with Gasteiger partial charge >= 0.3 is 12.4 Å². The van der Waals surface area contributed by atoms with Crippen LogP contribution in [-0.2, 0) is 21.9 Å². The van der Waals surface area contributed by atoms with E-state index in [1.807, 2.05) is 0 Å². The third kappa shape index (κ3) is 5.84. The summed E-state index contributed by atoms with van der Waals surface area (Å²) < 4.78 is 88.7. The highest BCUT2D eigenvalue weighted by Crippen LogP contribution is 2.36. The van der Waals surface area contributed by atoms with Gasteiger partial charge in [-0.2, -0.15) is 26.3 Å². The van der Waals surface area contributed by atoms with Crippen LogP contribution in [0.25, 0.3) is 0 Å². The number of hydrogen-bond donors (Lipinski definition) is 1. The van der Waals surface area contributed by atoms with E-state index in [9.17, 15) is 31.1 Å². The van der Waals surface area contributed by atoms with Gasteiger partial charge in [-0.1, -0.05) is 6.07 Å². The van der Waals surface area contributed by atoms with Gasteiger partial charge in [-0.3, -0.25) is 4.79 Å². The highest BCUT2D eigenvalue weighted by molar-refractivity contribution is 5.97. The lowest BCUT2D eigenvalue weighted by atomic mass is 10.1. The molecule has 0 spiro atoms. The van der Waals surface area contributed by atoms with Gasteiger partial charge in [0.2, 0.25) is 0 Å². The summed E-state index contributed by atoms with van der Waals surface area (Å²) in [5, 5.41) is 2.42. The van der Waals surface area contributed by atoms with E-state index in [0.29, 0.717) is 32.0 Å². The molecule has 5 nitrogen and oxygen atoms in total. The van der Waals surface area contributed by atoms with E-state index >= 15 is 0 Å². The quantitative estimate of drug-likeness (QED) is 0.638. The van der Waals surface area contributed by atoms with Crippen LogP contribution in [0.4, 0.5) is 37.7 Å². The Labute approximate surface area is 179 Å². The van der Waals surface area contributed by atoms with Crippen molar-refractivity contribution in [3.63, 3.8) is 0 Å². The lowest BCUT2D eigenvalue weighted by Crippen LogP contribution is -2.37. The second-order valence-electron chi connectivity index (χ2n) is 7.10. The standard InChI is InChI=1S/C21H20F6N2O3/c1-13(32-16-4-2-3-14(11-16)20(22,23)24)19(30)28-17-12-15(21(25,26)27)5-6-18(17)29-7-9-31-10-8-29/h2-6,11-13H,7-10H2,1H3,(H,28,30). The van der Waals surface area contributed by atoms with Gasteiger partial charge in [-0.25, -0.2) is 0 Å². The molecule has 1 aliphatic heterocycles. The number of alkyl halides is 6. The molecule has 1 saturated heterocycles. The first-order valence-corrected chi connectivity index (χ1v) is 9.64. The summed E-state index contributed by atoms with van der Waals surface area (Å²) in [4.78, 5) is 14.4. The maximum atomic E-state index is 13.2. The molecule has 0 radical (unpaired) electrons. The van der Waals surface area contributed by atoms with E-state index in [1.165, 1.54) is 19.1 Å². The maximum absolute atomic E-state index is 13.2. The molecule has 32 heavy (non-hydrogen) atoms. The summed E-state index contributed by atoms with van der Waals surface area (Å²) in [6.45, 7) is 2.89. The number of benzene rings is 2. The molecule has 0 saturated carbocycles. The Balaban J connectivity index is 1.80. The van der Waals surface area contributed by atoms with Crippen molar-refractivity contribution in [2.45, 2.75) is 25.4 Å². The van der Waals surface area contributed by atoms with Crippen molar-refractivity contribution in [3.05, 3.63) is 53.6 Å². The Bertz CT molecular complexity index is 955. The van der Waals surface area contributed by atoms with Crippen molar-refractivity contribution in [1.29, 1.82) is 0 Å². The minimum atomic E-state index is -4.62. The van der Waals surface area contributed by atoms with Gasteiger partial charge in [0.25, 0.3) is 5.91 Å². The summed E-state index contributed by atoms with van der Waals surface area (Å²) >= 11 is 0. The first-order valence-electron chi connectivity index (χ1n) is 9.64. The number of hydrogen-bond acceptors (Lipinski definition) is 4. The van der Waals surface area contributed by atoms with E-state index in [0.717, 1.165) is 30.3 Å². The third-order valence-electron chi connectivity index (χ3n) is 4.78. The number of nitrogens with one attached hydrogen (secondary N) is 1. The zero-order valence-electron chi connectivity index (χ0n) is 16.9. The molecule has 174 valence electrons. The average molecular weight is 462 g/mol. The van der Waals surface area contributed by atoms with Crippen LogP contribution in [0.2, 0.25) is 0 Å². The molecule has 1 fully saturated rings. The van der Waals surface area contributed by atoms with Crippen LogP contribution in [-0.4, -0.2) is 38.3 Å². The Hall–Kier alpha value is -2.95. The summed E-state index contributed by atoms with van der Waals surface area (Å²) in [6.07, 6.45) is -10.5. The molecule has 1 unspecified atom stereocenters. The molecule has 0 bridgehead atoms. The molecule has 0 aliphatic carbocycles. The number of halogens is 6. The van der Waals surface area contributed by atoms with Crippen molar-refractivity contribution in [2.24, 2.45) is 0 Å². The van der Waals surface area contributed by atoms with Crippen molar-refractivity contribution in [2.75, 3.05) is 36.5 Å². The number of nitrogens with zero attached hydrogens (tertiary/aromatic N) is 1. The van der Waals surface area contributed by atoms with Gasteiger partial charge < -0.3 is 19.7 Å². The first kappa shape index (κ1) is 23.7. The van der Waals surface area contributed by atoms with E-state index in [4.69, 9.17) is 9.47 Å². The Kier molecular flexibility index (Phi) is 6.87. The Morgan fingerprint density at radius 2 is 1.62 bits per heavy atom. The summed E-state index contributed by atoms with van der Waals surface area (Å²) in [7, 11) is 0. The first-order chi connectivity index (χ1) is 14.9. The number of carbonyl (C=O) groups excluding carboxylic acids is 1. The smallest absolute Gasteiger partial charge is 0.416 e. The van der Waals surface area contributed by atoms with Gasteiger partial charge in [0, 0.05) is 13.1 Å². The third-order valence-corrected chi connectivity index (χ3v) is 4.78. The minimum absolute atomic E-state index is 0.0776. The van der Waals surface area contributed by atoms with Gasteiger partial charge in [-0.05, 0) is 43.3 Å². The van der Waals surface area contributed by atoms with Crippen molar-refractivity contribution < 1.29 is 40.6 Å². The molecule has 1 atom stereocenters. The van der Waals surface area contributed by atoms with Crippen LogP contribution in [0.3, 0.4) is 0 Å². The highest BCUT2D eigenvalue weighted by atomic mass is 19.4. The normalized spacial score (nSPS) is 15.9. The molecule has 2 aromatic rings. The van der Waals surface area contributed by atoms with Crippen LogP contribution in [0.15, 0.2) is 42.5 Å². The summed E-state index contributed by atoms with van der Waals surface area (Å²) in [5.41, 5.74) is -1.60. The number of rotatable bonds is 5. The fourth-order valence-corrected chi connectivity index (χ4v) is 3.13. The van der Waals surface area contributed by atoms with E-state index in [2.05, 4.69) is 5.32 Å². The van der Waals surface area contributed by atoms with Crippen LogP contribution in [0, 0.1) is 0 Å². The van der Waals surface area contributed by atoms with Crippen LogP contribution < -0.4 is 15.0 Å². The predicted octanol–water partition coefficient (Wildman–Crippen LogP) is 4.97. The lowest BCUT2D eigenvalue weighted by molar-refractivity contribution is -0.138. The molecule has 1 N–H and O–H groups in total. The second-order valence-corrected chi connectivity index (χ2v) is 7.10. The molecule has 11 heteroatoms. The Morgan fingerprint density at radius 3 is 2.25 bits per heavy atom. The fourth-order valence-electron chi connectivity index (χ4n) is 3.13. The van der Waals surface area contributed by atoms with Gasteiger partial charge in [0.15, 0.2) is 6.10 Å². The minimum Gasteiger partial charge on any atom is -0.481 e. The fraction of sp³-hybridized carbons (Fsp3) is 0.381. The van der Waals surface area contributed by atoms with Gasteiger partial charge in [0.05, 0.1) is 35.7 Å². The number of carbonyl (C=O) groups is 1. The topological polar surface area (TPSA) is 50.8 Å². The average Bonchev–Trinajstić information content (AvgIpc) is 2.73. The van der Waals surface area contributed by atoms with Crippen molar-refractivity contribution >= 4 is 17.3 Å². The second kappa shape index (κ2) is 9.27. The molecule has 1 amide bonds. The van der Waals surface area contributed by atoms with Crippen molar-refractivity contribution in [3.8, 4) is 5.75 Å². The molecule has 2 aromatic carbocycles. The van der Waals surface area contributed by atoms with Crippen LogP contribution >= 0.6 is 0 Å². The number of anilines is 2. The molecule has 1 heterocycles. The molecular formula is C21H20F6N2O3. The van der Waals surface area contributed by atoms with E-state index in [1.54, 1.807) is 4.90 Å². The number of ether oxygens (including phenoxy) is 2. The van der Waals surface area contributed by atoms with E-state index < -0.39 is 35.5 Å². The molecule has 1 aliphatic rings. The van der Waals surface area contributed by atoms with Gasteiger partial charge in [-0.15, -0.1) is 0 Å². The van der Waals surface area contributed by atoms with Crippen LogP contribution in [0.1, 0.15) is 18.1 Å². The summed E-state index contributed by atoms with van der Waals surface area (Å²) in [6, 6.07) is 6.99. The lowest BCUT2D eigenvalue weighted by Gasteiger charge is -2.31. The molecule has 0 aromatic heterocycles. The molecular weight excluding hydrogens is 442 g/mol. The van der Waals surface area contributed by atoms with Crippen molar-refractivity contribution in [1.82, 2.24) is 0 Å².